The van der Waals surface area contributed by atoms with Crippen molar-refractivity contribution in [1.29, 1.82) is 0 Å². The van der Waals surface area contributed by atoms with E-state index in [2.05, 4.69) is 5.43 Å². The van der Waals surface area contributed by atoms with E-state index in [0.717, 1.165) is 41.8 Å². The van der Waals surface area contributed by atoms with Crippen LogP contribution in [0.5, 0.6) is 0 Å². The summed E-state index contributed by atoms with van der Waals surface area (Å²) in [5.41, 5.74) is 2.23. The van der Waals surface area contributed by atoms with Gasteiger partial charge in [0.15, 0.2) is 0 Å². The minimum atomic E-state index is -4.55. The summed E-state index contributed by atoms with van der Waals surface area (Å²) in [6.07, 6.45) is -1.70. The Balaban J connectivity index is 1.67. The van der Waals surface area contributed by atoms with E-state index >= 15 is 0 Å². The summed E-state index contributed by atoms with van der Waals surface area (Å²) in [6, 6.07) is 4.73. The Labute approximate surface area is 145 Å². The number of thiophene rings is 1. The first-order chi connectivity index (χ1) is 11.7. The van der Waals surface area contributed by atoms with Crippen LogP contribution in [0.25, 0.3) is 0 Å². The minimum absolute atomic E-state index is 0.380. The van der Waals surface area contributed by atoms with Gasteiger partial charge in [0.2, 0.25) is 0 Å². The molecule has 0 atom stereocenters. The van der Waals surface area contributed by atoms with Crippen molar-refractivity contribution in [3.63, 3.8) is 0 Å². The highest BCUT2D eigenvalue weighted by molar-refractivity contribution is 7.89. The third kappa shape index (κ3) is 3.86. The topological polar surface area (TPSA) is 75.3 Å². The second kappa shape index (κ2) is 6.43. The van der Waals surface area contributed by atoms with Crippen LogP contribution in [0.2, 0.25) is 0 Å². The lowest BCUT2D eigenvalue weighted by molar-refractivity contribution is -0.137. The minimum Gasteiger partial charge on any atom is -0.273 e. The largest absolute Gasteiger partial charge is 0.416 e. The first kappa shape index (κ1) is 17.9. The number of halogens is 3. The molecule has 0 saturated carbocycles. The van der Waals surface area contributed by atoms with Crippen molar-refractivity contribution in [2.75, 3.05) is 0 Å². The average Bonchev–Trinajstić information content (AvgIpc) is 3.13. The SMILES string of the molecule is O=C(NNS(=O)(=O)c1ccc(C(F)(F)F)cc1)c1cc2c(s1)CCC2. The summed E-state index contributed by atoms with van der Waals surface area (Å²) in [6.45, 7) is 0. The standard InChI is InChI=1S/C15H13F3N2O3S2/c16-15(17,18)10-4-6-11(7-5-10)25(22,23)20-19-14(21)13-8-9-2-1-3-12(9)24-13/h4-8,20H,1-3H2,(H,19,21). The number of hydrogen-bond acceptors (Lipinski definition) is 4. The molecule has 0 saturated heterocycles. The summed E-state index contributed by atoms with van der Waals surface area (Å²) >= 11 is 1.31. The van der Waals surface area contributed by atoms with Crippen LogP contribution in [-0.2, 0) is 29.0 Å². The highest BCUT2D eigenvalue weighted by atomic mass is 32.2. The quantitative estimate of drug-likeness (QED) is 0.789. The summed E-state index contributed by atoms with van der Waals surface area (Å²) < 4.78 is 61.6. The third-order valence-corrected chi connectivity index (χ3v) is 6.26. The van der Waals surface area contributed by atoms with Gasteiger partial charge in [0.05, 0.1) is 15.3 Å². The van der Waals surface area contributed by atoms with E-state index in [1.165, 1.54) is 11.3 Å². The van der Waals surface area contributed by atoms with Gasteiger partial charge in [-0.25, -0.2) is 8.42 Å². The second-order valence-corrected chi connectivity index (χ2v) is 8.31. The molecule has 2 aromatic rings. The van der Waals surface area contributed by atoms with Crippen LogP contribution in [0.4, 0.5) is 13.2 Å². The van der Waals surface area contributed by atoms with Gasteiger partial charge in [-0.15, -0.1) is 16.2 Å². The van der Waals surface area contributed by atoms with Gasteiger partial charge in [0.1, 0.15) is 0 Å². The van der Waals surface area contributed by atoms with Gasteiger partial charge in [-0.05, 0) is 55.2 Å². The zero-order chi connectivity index (χ0) is 18.2. The number of carbonyl (C=O) groups excluding carboxylic acids is 1. The third-order valence-electron chi connectivity index (χ3n) is 3.76. The predicted octanol–water partition coefficient (Wildman–Crippen LogP) is 2.88. The van der Waals surface area contributed by atoms with Crippen molar-refractivity contribution in [3.05, 3.63) is 51.2 Å². The van der Waals surface area contributed by atoms with Gasteiger partial charge in [-0.2, -0.15) is 13.2 Å². The molecule has 0 spiro atoms. The van der Waals surface area contributed by atoms with Crippen molar-refractivity contribution in [3.8, 4) is 0 Å². The average molecular weight is 390 g/mol. The Kier molecular flexibility index (Phi) is 4.60. The molecular formula is C15H13F3N2O3S2. The Bertz CT molecular complexity index is 882. The molecule has 1 aliphatic rings. The van der Waals surface area contributed by atoms with Gasteiger partial charge >= 0.3 is 6.18 Å². The molecular weight excluding hydrogens is 377 g/mol. The maximum absolute atomic E-state index is 12.5. The Morgan fingerprint density at radius 2 is 1.80 bits per heavy atom. The van der Waals surface area contributed by atoms with E-state index < -0.39 is 27.7 Å². The molecule has 0 fully saturated rings. The molecule has 1 amide bonds. The summed E-state index contributed by atoms with van der Waals surface area (Å²) in [5.74, 6) is -0.602. The highest BCUT2D eigenvalue weighted by Gasteiger charge is 2.30. The Morgan fingerprint density at radius 3 is 2.40 bits per heavy atom. The lowest BCUT2D eigenvalue weighted by Gasteiger charge is -2.10. The fourth-order valence-corrected chi connectivity index (χ4v) is 4.49. The van der Waals surface area contributed by atoms with Gasteiger partial charge in [-0.1, -0.05) is 0 Å². The number of alkyl halides is 3. The number of amides is 1. The molecule has 0 aliphatic heterocycles. The number of rotatable bonds is 4. The van der Waals surface area contributed by atoms with Crippen LogP contribution in [0.15, 0.2) is 35.2 Å². The number of carbonyl (C=O) groups is 1. The smallest absolute Gasteiger partial charge is 0.273 e. The summed E-state index contributed by atoms with van der Waals surface area (Å²) in [5, 5.41) is 0. The molecule has 3 rings (SSSR count). The first-order valence-electron chi connectivity index (χ1n) is 7.28. The van der Waals surface area contributed by atoms with Crippen LogP contribution >= 0.6 is 11.3 Å². The van der Waals surface area contributed by atoms with Crippen molar-refractivity contribution >= 4 is 27.3 Å². The van der Waals surface area contributed by atoms with E-state index in [-0.39, 0.29) is 4.90 Å². The number of benzene rings is 1. The Hall–Kier alpha value is -1.91. The summed E-state index contributed by atoms with van der Waals surface area (Å²) in [4.78, 5) is 15.1. The molecule has 1 aromatic carbocycles. The monoisotopic (exact) mass is 390 g/mol. The highest BCUT2D eigenvalue weighted by Crippen LogP contribution is 2.31. The Morgan fingerprint density at radius 1 is 1.12 bits per heavy atom. The molecule has 134 valence electrons. The van der Waals surface area contributed by atoms with E-state index in [1.807, 2.05) is 4.83 Å². The second-order valence-electron chi connectivity index (χ2n) is 5.49. The van der Waals surface area contributed by atoms with Crippen molar-refractivity contribution in [1.82, 2.24) is 10.3 Å². The molecule has 0 radical (unpaired) electrons. The lowest BCUT2D eigenvalue weighted by atomic mass is 10.2. The van der Waals surface area contributed by atoms with Crippen molar-refractivity contribution < 1.29 is 26.4 Å². The molecule has 5 nitrogen and oxygen atoms in total. The normalized spacial score (nSPS) is 14.4. The molecule has 25 heavy (non-hydrogen) atoms. The molecule has 2 N–H and O–H groups in total. The molecule has 0 bridgehead atoms. The number of fused-ring (bicyclic) bond motifs is 1. The predicted molar refractivity (Wildman–Crippen MR) is 85.6 cm³/mol. The molecule has 1 aliphatic carbocycles. The fraction of sp³-hybridized carbons (Fsp3) is 0.267. The number of aryl methyl sites for hydroxylation is 2. The van der Waals surface area contributed by atoms with E-state index in [9.17, 15) is 26.4 Å². The molecule has 1 aromatic heterocycles. The van der Waals surface area contributed by atoms with Crippen molar-refractivity contribution in [2.24, 2.45) is 0 Å². The zero-order valence-electron chi connectivity index (χ0n) is 12.7. The van der Waals surface area contributed by atoms with E-state index in [0.29, 0.717) is 17.0 Å². The molecule has 0 unspecified atom stereocenters. The number of nitrogens with one attached hydrogen (secondary N) is 2. The van der Waals surface area contributed by atoms with Gasteiger partial charge < -0.3 is 0 Å². The van der Waals surface area contributed by atoms with Crippen LogP contribution < -0.4 is 10.3 Å². The number of hydrogen-bond donors (Lipinski definition) is 2. The number of hydrazine groups is 1. The summed E-state index contributed by atoms with van der Waals surface area (Å²) in [7, 11) is -4.17. The van der Waals surface area contributed by atoms with E-state index in [4.69, 9.17) is 0 Å². The van der Waals surface area contributed by atoms with Gasteiger partial charge in [-0.3, -0.25) is 10.2 Å². The van der Waals surface area contributed by atoms with Crippen LogP contribution in [0.1, 0.15) is 32.1 Å². The van der Waals surface area contributed by atoms with E-state index in [1.54, 1.807) is 6.07 Å². The maximum atomic E-state index is 12.5. The number of sulfonamides is 1. The lowest BCUT2D eigenvalue weighted by Crippen LogP contribution is -2.41. The van der Waals surface area contributed by atoms with Gasteiger partial charge in [0.25, 0.3) is 15.9 Å². The van der Waals surface area contributed by atoms with Crippen LogP contribution in [0, 0.1) is 0 Å². The zero-order valence-corrected chi connectivity index (χ0v) is 14.3. The fourth-order valence-electron chi connectivity index (χ4n) is 2.50. The molecule has 10 heteroatoms. The molecule has 1 heterocycles. The maximum Gasteiger partial charge on any atom is 0.416 e. The first-order valence-corrected chi connectivity index (χ1v) is 9.58. The van der Waals surface area contributed by atoms with Crippen LogP contribution in [0.3, 0.4) is 0 Å². The van der Waals surface area contributed by atoms with Gasteiger partial charge in [0, 0.05) is 4.88 Å². The van der Waals surface area contributed by atoms with Crippen LogP contribution in [-0.4, -0.2) is 14.3 Å². The van der Waals surface area contributed by atoms with Crippen molar-refractivity contribution in [2.45, 2.75) is 30.3 Å².